The molecule has 122 valence electrons. The zero-order chi connectivity index (χ0) is 16.1. The normalized spacial score (nSPS) is 16.6. The van der Waals surface area contributed by atoms with Gasteiger partial charge in [0, 0.05) is 0 Å². The van der Waals surface area contributed by atoms with Crippen LogP contribution in [0.4, 0.5) is 0 Å². The fourth-order valence-corrected chi connectivity index (χ4v) is 4.31. The minimum absolute atomic E-state index is 0.483. The molecule has 1 heterocycles. The van der Waals surface area contributed by atoms with Gasteiger partial charge in [-0.15, -0.1) is 0 Å². The number of aryl methyl sites for hydroxylation is 1. The van der Waals surface area contributed by atoms with Crippen LogP contribution in [0.3, 0.4) is 0 Å². The fraction of sp³-hybridized carbons (Fsp3) is 0.727. The van der Waals surface area contributed by atoms with Gasteiger partial charge >= 0.3 is 7.60 Å². The molecule has 0 saturated carbocycles. The molecule has 8 nitrogen and oxygen atoms in total. The molecule has 1 aromatic rings. The van der Waals surface area contributed by atoms with Crippen molar-refractivity contribution in [2.24, 2.45) is 0 Å². The Morgan fingerprint density at radius 3 is 2.43 bits per heavy atom. The number of unbranched alkanes of at least 4 members (excludes halogenated alkanes) is 3. The zero-order valence-electron chi connectivity index (χ0n) is 11.9. The van der Waals surface area contributed by atoms with Crippen molar-refractivity contribution in [2.75, 3.05) is 0 Å². The van der Waals surface area contributed by atoms with E-state index in [1.807, 2.05) is 4.57 Å². The molecule has 0 spiro atoms. The Morgan fingerprint density at radius 2 is 1.90 bits per heavy atom. The monoisotopic (exact) mass is 340 g/mol. The lowest BCUT2D eigenvalue weighted by molar-refractivity contribution is -0.694. The average Bonchev–Trinajstić information content (AvgIpc) is 2.77. The predicted molar refractivity (Wildman–Crippen MR) is 74.4 cm³/mol. The summed E-state index contributed by atoms with van der Waals surface area (Å²) in [4.78, 5) is 38.2. The van der Waals surface area contributed by atoms with E-state index in [1.165, 1.54) is 10.8 Å². The maximum absolute atomic E-state index is 11.2. The molecule has 2 atom stereocenters. The van der Waals surface area contributed by atoms with E-state index >= 15 is 0 Å². The molecule has 0 radical (unpaired) electrons. The van der Waals surface area contributed by atoms with E-state index < -0.39 is 27.1 Å². The smallest absolute Gasteiger partial charge is 0.341 e. The standard InChI is InChI=1S/C11H22N2O6P2/c1-2-3-4-5-6-12-7-8-13(10-12)9-11(20(14,15)16)21(17,18)19/h7-8,10-11H,2-6,9H2,1H3,(H3-,14,15,16,17,18,19). The summed E-state index contributed by atoms with van der Waals surface area (Å²) in [7, 11) is -10.1. The Balaban J connectivity index is 2.68. The van der Waals surface area contributed by atoms with Crippen LogP contribution in [-0.2, 0) is 22.2 Å². The second kappa shape index (κ2) is 7.68. The number of imidazole rings is 1. The quantitative estimate of drug-likeness (QED) is 0.339. The third kappa shape index (κ3) is 6.43. The number of rotatable bonds is 9. The summed E-state index contributed by atoms with van der Waals surface area (Å²) in [5.74, 6) is 0. The van der Waals surface area contributed by atoms with E-state index in [-0.39, 0.29) is 0 Å². The third-order valence-corrected chi connectivity index (χ3v) is 6.79. The van der Waals surface area contributed by atoms with Crippen LogP contribution in [-0.4, -0.2) is 24.6 Å². The SMILES string of the molecule is CCCCCCn1cc[n+](CC(P(=O)([O-])O)P(=O)(O)O)c1. The highest BCUT2D eigenvalue weighted by Crippen LogP contribution is 2.57. The molecule has 2 unspecified atom stereocenters. The first-order valence-corrected chi connectivity index (χ1v) is 10.1. The van der Waals surface area contributed by atoms with E-state index in [4.69, 9.17) is 14.7 Å². The second-order valence-corrected chi connectivity index (χ2v) is 9.00. The van der Waals surface area contributed by atoms with Crippen molar-refractivity contribution in [1.82, 2.24) is 4.57 Å². The van der Waals surface area contributed by atoms with Crippen LogP contribution in [0.1, 0.15) is 32.6 Å². The van der Waals surface area contributed by atoms with Crippen LogP contribution in [0.15, 0.2) is 18.7 Å². The summed E-state index contributed by atoms with van der Waals surface area (Å²) in [6.45, 7) is 2.38. The first kappa shape index (κ1) is 18.6. The number of hydrogen-bond donors (Lipinski definition) is 3. The molecule has 0 aliphatic rings. The molecule has 0 aromatic carbocycles. The predicted octanol–water partition coefficient (Wildman–Crippen LogP) is 0.405. The second-order valence-electron chi connectivity index (χ2n) is 5.04. The zero-order valence-corrected chi connectivity index (χ0v) is 13.7. The first-order valence-electron chi connectivity index (χ1n) is 6.78. The van der Waals surface area contributed by atoms with Crippen molar-refractivity contribution in [2.45, 2.75) is 51.1 Å². The summed E-state index contributed by atoms with van der Waals surface area (Å²) < 4.78 is 25.4. The van der Waals surface area contributed by atoms with Gasteiger partial charge in [0.1, 0.15) is 18.9 Å². The molecule has 0 amide bonds. The van der Waals surface area contributed by atoms with Crippen LogP contribution in [0.2, 0.25) is 0 Å². The Labute approximate surface area is 123 Å². The van der Waals surface area contributed by atoms with Gasteiger partial charge in [0.25, 0.3) is 0 Å². The van der Waals surface area contributed by atoms with Gasteiger partial charge in [-0.3, -0.25) is 4.57 Å². The maximum atomic E-state index is 11.2. The van der Waals surface area contributed by atoms with Crippen molar-refractivity contribution in [3.05, 3.63) is 18.7 Å². The lowest BCUT2D eigenvalue weighted by Gasteiger charge is -2.25. The lowest BCUT2D eigenvalue weighted by Crippen LogP contribution is -2.39. The van der Waals surface area contributed by atoms with E-state index in [2.05, 4.69) is 6.92 Å². The van der Waals surface area contributed by atoms with Crippen molar-refractivity contribution >= 4 is 15.2 Å². The van der Waals surface area contributed by atoms with Crippen LogP contribution in [0, 0.1) is 0 Å². The van der Waals surface area contributed by atoms with Crippen LogP contribution >= 0.6 is 15.2 Å². The molecule has 0 fully saturated rings. The molecule has 1 aromatic heterocycles. The van der Waals surface area contributed by atoms with E-state index in [1.54, 1.807) is 12.5 Å². The van der Waals surface area contributed by atoms with Crippen molar-refractivity contribution in [3.63, 3.8) is 0 Å². The summed E-state index contributed by atoms with van der Waals surface area (Å²) in [6, 6.07) is 0. The van der Waals surface area contributed by atoms with Gasteiger partial charge in [0.05, 0.1) is 6.54 Å². The number of nitrogens with zero attached hydrogens (tertiary/aromatic N) is 2. The Kier molecular flexibility index (Phi) is 6.78. The molecule has 3 N–H and O–H groups in total. The van der Waals surface area contributed by atoms with E-state index in [0.717, 1.165) is 32.2 Å². The summed E-state index contributed by atoms with van der Waals surface area (Å²) in [5, 5.41) is -2.12. The van der Waals surface area contributed by atoms with Crippen LogP contribution < -0.4 is 9.46 Å². The largest absolute Gasteiger partial charge is 0.778 e. The highest BCUT2D eigenvalue weighted by atomic mass is 31.2. The van der Waals surface area contributed by atoms with Crippen molar-refractivity contribution in [3.8, 4) is 0 Å². The topological polar surface area (TPSA) is 127 Å². The Hall–Kier alpha value is -0.490. The summed E-state index contributed by atoms with van der Waals surface area (Å²) in [5.41, 5.74) is 0. The highest BCUT2D eigenvalue weighted by molar-refractivity contribution is 7.70. The van der Waals surface area contributed by atoms with Gasteiger partial charge in [-0.2, -0.15) is 0 Å². The summed E-state index contributed by atoms with van der Waals surface area (Å²) >= 11 is 0. The maximum Gasteiger partial charge on any atom is 0.341 e. The van der Waals surface area contributed by atoms with Crippen molar-refractivity contribution in [1.29, 1.82) is 0 Å². The number of hydrogen-bond acceptors (Lipinski definition) is 3. The van der Waals surface area contributed by atoms with Crippen LogP contribution in [0.25, 0.3) is 0 Å². The molecule has 1 rings (SSSR count). The van der Waals surface area contributed by atoms with Gasteiger partial charge in [0.2, 0.25) is 6.33 Å². The minimum atomic E-state index is -5.13. The average molecular weight is 340 g/mol. The van der Waals surface area contributed by atoms with Gasteiger partial charge in [-0.25, -0.2) is 9.13 Å². The number of aromatic nitrogens is 2. The van der Waals surface area contributed by atoms with Gasteiger partial charge < -0.3 is 24.1 Å². The Bertz CT molecular complexity index is 513. The molecule has 0 aliphatic carbocycles. The molecule has 0 bridgehead atoms. The molecule has 10 heteroatoms. The fourth-order valence-electron chi connectivity index (χ4n) is 1.99. The minimum Gasteiger partial charge on any atom is -0.778 e. The molecule has 21 heavy (non-hydrogen) atoms. The lowest BCUT2D eigenvalue weighted by atomic mass is 10.2. The third-order valence-electron chi connectivity index (χ3n) is 3.16. The Morgan fingerprint density at radius 1 is 1.24 bits per heavy atom. The summed E-state index contributed by atoms with van der Waals surface area (Å²) in [6.07, 6.45) is 9.14. The first-order chi connectivity index (χ1) is 9.64. The molecule has 0 aliphatic heterocycles. The van der Waals surface area contributed by atoms with Crippen molar-refractivity contribution < 1.29 is 33.3 Å². The highest BCUT2D eigenvalue weighted by Gasteiger charge is 2.39. The van der Waals surface area contributed by atoms with Crippen LogP contribution in [0.5, 0.6) is 0 Å². The van der Waals surface area contributed by atoms with Gasteiger partial charge in [0.15, 0.2) is 13.0 Å². The molecular formula is C11H22N2O6P2. The molecular weight excluding hydrogens is 318 g/mol. The molecule has 0 saturated heterocycles. The van der Waals surface area contributed by atoms with E-state index in [9.17, 15) is 14.0 Å². The van der Waals surface area contributed by atoms with Gasteiger partial charge in [-0.1, -0.05) is 19.8 Å². The van der Waals surface area contributed by atoms with Gasteiger partial charge in [-0.05, 0) is 12.8 Å². The van der Waals surface area contributed by atoms with E-state index in [0.29, 0.717) is 0 Å².